The molecule has 1 aromatic heterocycles. The van der Waals surface area contributed by atoms with Gasteiger partial charge in [0.05, 0.1) is 0 Å². The summed E-state index contributed by atoms with van der Waals surface area (Å²) in [5.41, 5.74) is 2.65. The molecule has 1 aliphatic rings. The van der Waals surface area contributed by atoms with Crippen LogP contribution in [-0.2, 0) is 23.0 Å². The third-order valence-corrected chi connectivity index (χ3v) is 4.70. The topological polar surface area (TPSA) is 68.6 Å². The first-order valence-electron chi connectivity index (χ1n) is 8.59. The zero-order valence-electron chi connectivity index (χ0n) is 15.4. The number of ketones is 1. The van der Waals surface area contributed by atoms with Crippen molar-refractivity contribution < 1.29 is 19.1 Å². The summed E-state index contributed by atoms with van der Waals surface area (Å²) in [5, 5.41) is 0. The lowest BCUT2D eigenvalue weighted by atomic mass is 10.1. The highest BCUT2D eigenvalue weighted by Crippen LogP contribution is 2.32. The van der Waals surface area contributed by atoms with E-state index in [0.717, 1.165) is 17.7 Å². The normalized spacial score (nSPS) is 16.9. The molecule has 0 radical (unpaired) electrons. The van der Waals surface area contributed by atoms with Crippen LogP contribution < -0.4 is 4.90 Å². The Morgan fingerprint density at radius 3 is 2.58 bits per heavy atom. The first-order valence-corrected chi connectivity index (χ1v) is 8.59. The number of anilines is 1. The second-order valence-corrected chi connectivity index (χ2v) is 6.72. The van der Waals surface area contributed by atoms with Gasteiger partial charge in [0.1, 0.15) is 5.69 Å². The number of benzene rings is 1. The van der Waals surface area contributed by atoms with Crippen LogP contribution in [0.25, 0.3) is 0 Å². The molecule has 2 atom stereocenters. The summed E-state index contributed by atoms with van der Waals surface area (Å²) in [4.78, 5) is 38.5. The summed E-state index contributed by atoms with van der Waals surface area (Å²) in [6, 6.07) is 9.24. The fourth-order valence-electron chi connectivity index (χ4n) is 3.33. The Labute approximate surface area is 152 Å². The van der Waals surface area contributed by atoms with E-state index >= 15 is 0 Å². The summed E-state index contributed by atoms with van der Waals surface area (Å²) in [6.45, 7) is 4.98. The minimum atomic E-state index is -0.924. The van der Waals surface area contributed by atoms with E-state index in [1.54, 1.807) is 25.1 Å². The highest BCUT2D eigenvalue weighted by atomic mass is 16.5. The second kappa shape index (κ2) is 6.78. The van der Waals surface area contributed by atoms with E-state index in [4.69, 9.17) is 4.74 Å². The Morgan fingerprint density at radius 1 is 1.23 bits per heavy atom. The predicted octanol–water partition coefficient (Wildman–Crippen LogP) is 2.75. The summed E-state index contributed by atoms with van der Waals surface area (Å²) in [6.07, 6.45) is 1.43. The van der Waals surface area contributed by atoms with Crippen LogP contribution in [-0.4, -0.2) is 34.4 Å². The van der Waals surface area contributed by atoms with Crippen LogP contribution in [0, 0.1) is 0 Å². The summed E-state index contributed by atoms with van der Waals surface area (Å²) in [7, 11) is 1.66. The molecule has 136 valence electrons. The Hall–Kier alpha value is -2.89. The fraction of sp³-hybridized carbons (Fsp3) is 0.350. The lowest BCUT2D eigenvalue weighted by molar-refractivity contribution is -0.126. The van der Waals surface area contributed by atoms with Crippen LogP contribution in [0.2, 0.25) is 0 Å². The minimum absolute atomic E-state index is 0.0143. The smallest absolute Gasteiger partial charge is 0.355 e. The number of rotatable bonds is 4. The SMILES string of the molecule is CC(=O)c1cc(C(=O)O[C@H](C)C(=O)N2c3ccccc3C[C@H]2C)n(C)c1. The highest BCUT2D eigenvalue weighted by Gasteiger charge is 2.34. The number of esters is 1. The number of Topliss-reactive ketones (excluding diaryl/α,β-unsaturated/α-hetero) is 1. The van der Waals surface area contributed by atoms with Gasteiger partial charge in [-0.2, -0.15) is 0 Å². The van der Waals surface area contributed by atoms with Gasteiger partial charge in [0.2, 0.25) is 0 Å². The Kier molecular flexibility index (Phi) is 4.68. The molecule has 3 rings (SSSR count). The maximum atomic E-state index is 12.9. The first-order chi connectivity index (χ1) is 12.3. The zero-order chi connectivity index (χ0) is 19.0. The number of fused-ring (bicyclic) bond motifs is 1. The first kappa shape index (κ1) is 17.9. The molecular weight excluding hydrogens is 332 g/mol. The van der Waals surface area contributed by atoms with E-state index in [9.17, 15) is 14.4 Å². The van der Waals surface area contributed by atoms with E-state index in [0.29, 0.717) is 5.56 Å². The Balaban J connectivity index is 1.76. The molecule has 0 bridgehead atoms. The average molecular weight is 354 g/mol. The molecule has 0 fully saturated rings. The van der Waals surface area contributed by atoms with Crippen LogP contribution in [0.3, 0.4) is 0 Å². The van der Waals surface area contributed by atoms with Crippen LogP contribution in [0.5, 0.6) is 0 Å². The molecule has 0 spiro atoms. The summed E-state index contributed by atoms with van der Waals surface area (Å²) >= 11 is 0. The largest absolute Gasteiger partial charge is 0.448 e. The summed E-state index contributed by atoms with van der Waals surface area (Å²) in [5.74, 6) is -1.01. The van der Waals surface area contributed by atoms with Crippen molar-refractivity contribution in [2.75, 3.05) is 4.90 Å². The van der Waals surface area contributed by atoms with Gasteiger partial charge in [-0.05, 0) is 44.9 Å². The molecule has 0 saturated heterocycles. The van der Waals surface area contributed by atoms with E-state index in [1.165, 1.54) is 17.6 Å². The minimum Gasteiger partial charge on any atom is -0.448 e. The number of hydrogen-bond donors (Lipinski definition) is 0. The van der Waals surface area contributed by atoms with Crippen molar-refractivity contribution in [3.05, 3.63) is 53.3 Å². The van der Waals surface area contributed by atoms with Gasteiger partial charge in [0.15, 0.2) is 11.9 Å². The molecule has 1 aromatic carbocycles. The number of aromatic nitrogens is 1. The van der Waals surface area contributed by atoms with Gasteiger partial charge in [0, 0.05) is 30.5 Å². The Bertz CT molecular complexity index is 884. The van der Waals surface area contributed by atoms with Crippen molar-refractivity contribution in [1.29, 1.82) is 0 Å². The van der Waals surface area contributed by atoms with E-state index < -0.39 is 12.1 Å². The van der Waals surface area contributed by atoms with Gasteiger partial charge < -0.3 is 14.2 Å². The van der Waals surface area contributed by atoms with Crippen molar-refractivity contribution >= 4 is 23.3 Å². The van der Waals surface area contributed by atoms with Gasteiger partial charge in [-0.25, -0.2) is 4.79 Å². The van der Waals surface area contributed by atoms with Crippen molar-refractivity contribution in [2.45, 2.75) is 39.3 Å². The van der Waals surface area contributed by atoms with Crippen molar-refractivity contribution in [3.63, 3.8) is 0 Å². The van der Waals surface area contributed by atoms with Crippen LogP contribution >= 0.6 is 0 Å². The number of nitrogens with zero attached hydrogens (tertiary/aromatic N) is 2. The number of para-hydroxylation sites is 1. The van der Waals surface area contributed by atoms with E-state index in [2.05, 4.69) is 0 Å². The van der Waals surface area contributed by atoms with Crippen molar-refractivity contribution in [1.82, 2.24) is 4.57 Å². The quantitative estimate of drug-likeness (QED) is 0.625. The summed E-state index contributed by atoms with van der Waals surface area (Å²) < 4.78 is 6.92. The molecule has 0 aliphatic carbocycles. The second-order valence-electron chi connectivity index (χ2n) is 6.72. The maximum absolute atomic E-state index is 12.9. The standard InChI is InChI=1S/C20H22N2O4/c1-12-9-15-7-5-6-8-17(15)22(12)19(24)14(3)26-20(25)18-10-16(13(2)23)11-21(18)4/h5-8,10-12,14H,9H2,1-4H3/t12-,14-/m1/s1. The van der Waals surface area contributed by atoms with Gasteiger partial charge in [0.25, 0.3) is 5.91 Å². The number of aryl methyl sites for hydroxylation is 1. The lowest BCUT2D eigenvalue weighted by Crippen LogP contribution is -2.43. The molecule has 1 amide bonds. The molecular formula is C20H22N2O4. The van der Waals surface area contributed by atoms with Gasteiger partial charge in [-0.15, -0.1) is 0 Å². The number of ether oxygens (including phenoxy) is 1. The van der Waals surface area contributed by atoms with Gasteiger partial charge >= 0.3 is 5.97 Å². The third-order valence-electron chi connectivity index (χ3n) is 4.70. The molecule has 0 N–H and O–H groups in total. The predicted molar refractivity (Wildman–Crippen MR) is 97.4 cm³/mol. The maximum Gasteiger partial charge on any atom is 0.355 e. The molecule has 2 heterocycles. The molecule has 1 aliphatic heterocycles. The van der Waals surface area contributed by atoms with Crippen LogP contribution in [0.4, 0.5) is 5.69 Å². The molecule has 6 heteroatoms. The lowest BCUT2D eigenvalue weighted by Gasteiger charge is -2.25. The van der Waals surface area contributed by atoms with Crippen LogP contribution in [0.15, 0.2) is 36.5 Å². The number of amides is 1. The van der Waals surface area contributed by atoms with Crippen molar-refractivity contribution in [2.24, 2.45) is 7.05 Å². The van der Waals surface area contributed by atoms with Gasteiger partial charge in [-0.3, -0.25) is 9.59 Å². The number of carbonyl (C=O) groups excluding carboxylic acids is 3. The molecule has 0 saturated carbocycles. The highest BCUT2D eigenvalue weighted by molar-refractivity contribution is 6.01. The van der Waals surface area contributed by atoms with Crippen molar-refractivity contribution in [3.8, 4) is 0 Å². The fourth-order valence-corrected chi connectivity index (χ4v) is 3.33. The molecule has 26 heavy (non-hydrogen) atoms. The van der Waals surface area contributed by atoms with E-state index in [1.807, 2.05) is 31.2 Å². The Morgan fingerprint density at radius 2 is 1.92 bits per heavy atom. The zero-order valence-corrected chi connectivity index (χ0v) is 15.4. The number of carbonyl (C=O) groups is 3. The third kappa shape index (κ3) is 3.14. The van der Waals surface area contributed by atoms with E-state index in [-0.39, 0.29) is 23.4 Å². The molecule has 0 unspecified atom stereocenters. The molecule has 2 aromatic rings. The van der Waals surface area contributed by atoms with Gasteiger partial charge in [-0.1, -0.05) is 18.2 Å². The van der Waals surface area contributed by atoms with Crippen LogP contribution in [0.1, 0.15) is 47.2 Å². The average Bonchev–Trinajstić information content (AvgIpc) is 3.13. The molecule has 6 nitrogen and oxygen atoms in total. The number of hydrogen-bond acceptors (Lipinski definition) is 4. The monoisotopic (exact) mass is 354 g/mol.